The minimum absolute atomic E-state index is 0.0258. The van der Waals surface area contributed by atoms with Gasteiger partial charge in [-0.3, -0.25) is 4.72 Å². The van der Waals surface area contributed by atoms with E-state index in [9.17, 15) is 13.5 Å². The summed E-state index contributed by atoms with van der Waals surface area (Å²) in [4.78, 5) is 0.0258. The summed E-state index contributed by atoms with van der Waals surface area (Å²) >= 11 is 0. The van der Waals surface area contributed by atoms with Crippen molar-refractivity contribution in [1.82, 2.24) is 5.16 Å². The number of para-hydroxylation sites is 1. The molecule has 0 amide bonds. The first-order valence-corrected chi connectivity index (χ1v) is 7.54. The number of nitrogens with zero attached hydrogens (tertiary/aromatic N) is 1. The first-order valence-electron chi connectivity index (χ1n) is 6.05. The zero-order valence-electron chi connectivity index (χ0n) is 11.4. The highest BCUT2D eigenvalue weighted by Crippen LogP contribution is 2.27. The summed E-state index contributed by atoms with van der Waals surface area (Å²) in [6, 6.07) is 6.68. The van der Waals surface area contributed by atoms with Gasteiger partial charge < -0.3 is 9.63 Å². The maximum absolute atomic E-state index is 12.4. The molecule has 0 spiro atoms. The monoisotopic (exact) mass is 296 g/mol. The largest absolute Gasteiger partial charge is 0.389 e. The second-order valence-electron chi connectivity index (χ2n) is 4.52. The topological polar surface area (TPSA) is 92.4 Å². The quantitative estimate of drug-likeness (QED) is 0.901. The molecule has 1 aromatic carbocycles. The molecule has 0 saturated heterocycles. The molecule has 20 heavy (non-hydrogen) atoms. The first kappa shape index (κ1) is 14.5. The van der Waals surface area contributed by atoms with E-state index in [0.717, 1.165) is 0 Å². The van der Waals surface area contributed by atoms with Gasteiger partial charge in [-0.15, -0.1) is 0 Å². The molecule has 2 N–H and O–H groups in total. The summed E-state index contributed by atoms with van der Waals surface area (Å²) in [7, 11) is -3.80. The number of hydrogen-bond donors (Lipinski definition) is 2. The average molecular weight is 296 g/mol. The first-order chi connectivity index (χ1) is 9.33. The Morgan fingerprint density at radius 1 is 1.30 bits per heavy atom. The van der Waals surface area contributed by atoms with Crippen molar-refractivity contribution in [3.05, 3.63) is 41.3 Å². The summed E-state index contributed by atoms with van der Waals surface area (Å²) in [5.41, 5.74) is 1.13. The molecule has 0 aliphatic rings. The van der Waals surface area contributed by atoms with E-state index in [2.05, 4.69) is 9.88 Å². The number of aryl methyl sites for hydroxylation is 2. The Hall–Kier alpha value is -1.86. The van der Waals surface area contributed by atoms with E-state index in [1.54, 1.807) is 38.1 Å². The van der Waals surface area contributed by atoms with Crippen molar-refractivity contribution in [2.45, 2.75) is 31.8 Å². The van der Waals surface area contributed by atoms with Crippen molar-refractivity contribution in [3.8, 4) is 0 Å². The number of aliphatic hydroxyl groups excluding tert-OH is 1. The summed E-state index contributed by atoms with van der Waals surface area (Å²) < 4.78 is 32.1. The Kier molecular flexibility index (Phi) is 3.82. The highest BCUT2D eigenvalue weighted by Gasteiger charge is 2.25. The third kappa shape index (κ3) is 2.68. The number of anilines is 1. The molecule has 1 unspecified atom stereocenters. The van der Waals surface area contributed by atoms with Crippen LogP contribution in [0.1, 0.15) is 30.0 Å². The number of aliphatic hydroxyl groups is 1. The van der Waals surface area contributed by atoms with Crippen molar-refractivity contribution in [3.63, 3.8) is 0 Å². The van der Waals surface area contributed by atoms with Crippen LogP contribution in [0.2, 0.25) is 0 Å². The van der Waals surface area contributed by atoms with Gasteiger partial charge in [-0.05, 0) is 26.8 Å². The van der Waals surface area contributed by atoms with E-state index in [4.69, 9.17) is 4.52 Å². The summed E-state index contributed by atoms with van der Waals surface area (Å²) in [6.07, 6.45) is -0.779. The van der Waals surface area contributed by atoms with Crippen molar-refractivity contribution >= 4 is 15.7 Å². The van der Waals surface area contributed by atoms with Crippen LogP contribution in [-0.4, -0.2) is 18.7 Å². The minimum atomic E-state index is -3.80. The zero-order chi connectivity index (χ0) is 14.9. The number of benzene rings is 1. The fourth-order valence-corrected chi connectivity index (χ4v) is 3.43. The van der Waals surface area contributed by atoms with E-state index in [0.29, 0.717) is 16.9 Å². The lowest BCUT2D eigenvalue weighted by Crippen LogP contribution is -2.16. The highest BCUT2D eigenvalue weighted by molar-refractivity contribution is 7.92. The number of hydrogen-bond acceptors (Lipinski definition) is 5. The number of rotatable bonds is 4. The predicted octanol–water partition coefficient (Wildman–Crippen LogP) is 2.15. The maximum Gasteiger partial charge on any atom is 0.267 e. The third-order valence-corrected chi connectivity index (χ3v) is 4.50. The lowest BCUT2D eigenvalue weighted by atomic mass is 10.1. The number of sulfonamides is 1. The molecule has 1 aromatic heterocycles. The smallest absolute Gasteiger partial charge is 0.267 e. The second-order valence-corrected chi connectivity index (χ2v) is 6.14. The van der Waals surface area contributed by atoms with Gasteiger partial charge in [0.05, 0.1) is 11.8 Å². The van der Waals surface area contributed by atoms with Crippen molar-refractivity contribution in [2.75, 3.05) is 4.72 Å². The molecule has 1 atom stereocenters. The molecule has 0 saturated carbocycles. The van der Waals surface area contributed by atoms with E-state index in [-0.39, 0.29) is 10.7 Å². The lowest BCUT2D eigenvalue weighted by molar-refractivity contribution is 0.200. The second kappa shape index (κ2) is 5.26. The molecule has 2 rings (SSSR count). The summed E-state index contributed by atoms with van der Waals surface area (Å²) in [6.45, 7) is 4.67. The standard InChI is InChI=1S/C13H16N2O4S/c1-8-13(10(3)19-14-8)20(17,18)15-12-7-5-4-6-11(12)9(2)16/h4-7,9,15-16H,1-3H3. The van der Waals surface area contributed by atoms with Crippen LogP contribution >= 0.6 is 0 Å². The number of nitrogens with one attached hydrogen (secondary N) is 1. The Morgan fingerprint density at radius 3 is 2.50 bits per heavy atom. The fourth-order valence-electron chi connectivity index (χ4n) is 2.01. The van der Waals surface area contributed by atoms with Gasteiger partial charge >= 0.3 is 0 Å². The molecule has 0 bridgehead atoms. The Balaban J connectivity index is 2.45. The van der Waals surface area contributed by atoms with Crippen molar-refractivity contribution in [1.29, 1.82) is 0 Å². The average Bonchev–Trinajstić information content (AvgIpc) is 2.69. The molecular formula is C13H16N2O4S. The van der Waals surface area contributed by atoms with Crippen LogP contribution in [0.5, 0.6) is 0 Å². The van der Waals surface area contributed by atoms with Crippen molar-refractivity contribution in [2.24, 2.45) is 0 Å². The van der Waals surface area contributed by atoms with Crippen LogP contribution in [0.15, 0.2) is 33.7 Å². The van der Waals surface area contributed by atoms with Crippen LogP contribution in [-0.2, 0) is 10.0 Å². The third-order valence-electron chi connectivity index (χ3n) is 2.89. The van der Waals surface area contributed by atoms with Crippen LogP contribution in [0, 0.1) is 13.8 Å². The van der Waals surface area contributed by atoms with Gasteiger partial charge in [0.15, 0.2) is 10.7 Å². The van der Waals surface area contributed by atoms with Gasteiger partial charge in [0.1, 0.15) is 5.69 Å². The van der Waals surface area contributed by atoms with Gasteiger partial charge in [-0.2, -0.15) is 0 Å². The SMILES string of the molecule is Cc1noc(C)c1S(=O)(=O)Nc1ccccc1C(C)O. The molecular weight excluding hydrogens is 280 g/mol. The van der Waals surface area contributed by atoms with E-state index in [1.165, 1.54) is 6.92 Å². The van der Waals surface area contributed by atoms with E-state index < -0.39 is 16.1 Å². The molecule has 108 valence electrons. The minimum Gasteiger partial charge on any atom is -0.389 e. The van der Waals surface area contributed by atoms with Crippen molar-refractivity contribution < 1.29 is 18.0 Å². The molecule has 0 fully saturated rings. The summed E-state index contributed by atoms with van der Waals surface area (Å²) in [5.74, 6) is 0.226. The Morgan fingerprint density at radius 2 is 1.95 bits per heavy atom. The van der Waals surface area contributed by atoms with E-state index in [1.807, 2.05) is 0 Å². The van der Waals surface area contributed by atoms with Gasteiger partial charge in [-0.1, -0.05) is 23.4 Å². The van der Waals surface area contributed by atoms with Gasteiger partial charge in [-0.25, -0.2) is 8.42 Å². The highest BCUT2D eigenvalue weighted by atomic mass is 32.2. The van der Waals surface area contributed by atoms with Gasteiger partial charge in [0, 0.05) is 5.56 Å². The molecule has 0 aliphatic carbocycles. The Labute approximate surface area is 117 Å². The number of aromatic nitrogens is 1. The molecule has 1 heterocycles. The molecule has 0 radical (unpaired) electrons. The molecule has 0 aliphatic heterocycles. The molecule has 2 aromatic rings. The zero-order valence-corrected chi connectivity index (χ0v) is 12.2. The van der Waals surface area contributed by atoms with Crippen LogP contribution < -0.4 is 4.72 Å². The van der Waals surface area contributed by atoms with E-state index >= 15 is 0 Å². The van der Waals surface area contributed by atoms with Crippen LogP contribution in [0.3, 0.4) is 0 Å². The van der Waals surface area contributed by atoms with Gasteiger partial charge in [0.2, 0.25) is 0 Å². The molecule has 7 heteroatoms. The fraction of sp³-hybridized carbons (Fsp3) is 0.308. The predicted molar refractivity (Wildman–Crippen MR) is 73.9 cm³/mol. The molecule has 6 nitrogen and oxygen atoms in total. The van der Waals surface area contributed by atoms with Crippen LogP contribution in [0.25, 0.3) is 0 Å². The Bertz CT molecular complexity index is 700. The maximum atomic E-state index is 12.4. The normalized spacial score (nSPS) is 13.2. The lowest BCUT2D eigenvalue weighted by Gasteiger charge is -2.13. The van der Waals surface area contributed by atoms with Gasteiger partial charge in [0.25, 0.3) is 10.0 Å². The summed E-state index contributed by atoms with van der Waals surface area (Å²) in [5, 5.41) is 13.3. The van der Waals surface area contributed by atoms with Crippen LogP contribution in [0.4, 0.5) is 5.69 Å².